The van der Waals surface area contributed by atoms with Crippen LogP contribution in [-0.2, 0) is 6.54 Å². The molecule has 1 heterocycles. The number of carbonyl (C=O) groups is 1. The van der Waals surface area contributed by atoms with Gasteiger partial charge in [0.05, 0.1) is 20.3 Å². The standard InChI is InChI=1S/C24H22FNO4/c1-28-17-7-9-18(10-8-17)30-15-23(21-12-11-19(29-2)13-22(21)25)26-14-16-5-3-4-6-20(16)24(26)27/h3-13,23H,14-15H2,1-2H3. The van der Waals surface area contributed by atoms with E-state index in [4.69, 9.17) is 14.2 Å². The summed E-state index contributed by atoms with van der Waals surface area (Å²) in [4.78, 5) is 14.7. The summed E-state index contributed by atoms with van der Waals surface area (Å²) in [6.45, 7) is 0.506. The van der Waals surface area contributed by atoms with Crippen LogP contribution < -0.4 is 14.2 Å². The highest BCUT2D eigenvalue weighted by Crippen LogP contribution is 2.34. The van der Waals surface area contributed by atoms with Gasteiger partial charge in [-0.25, -0.2) is 4.39 Å². The number of nitrogens with zero attached hydrogens (tertiary/aromatic N) is 1. The summed E-state index contributed by atoms with van der Waals surface area (Å²) in [5.41, 5.74) is 1.94. The van der Waals surface area contributed by atoms with E-state index < -0.39 is 11.9 Å². The Labute approximate surface area is 174 Å². The second kappa shape index (κ2) is 8.45. The lowest BCUT2D eigenvalue weighted by atomic mass is 10.0. The van der Waals surface area contributed by atoms with Gasteiger partial charge in [0.2, 0.25) is 0 Å². The van der Waals surface area contributed by atoms with E-state index in [0.29, 0.717) is 34.9 Å². The molecule has 0 saturated carbocycles. The summed E-state index contributed by atoms with van der Waals surface area (Å²) in [5, 5.41) is 0. The van der Waals surface area contributed by atoms with Crippen molar-refractivity contribution in [1.82, 2.24) is 4.90 Å². The Hall–Kier alpha value is -3.54. The lowest BCUT2D eigenvalue weighted by Gasteiger charge is -2.28. The molecule has 0 aromatic heterocycles. The molecule has 5 nitrogen and oxygen atoms in total. The van der Waals surface area contributed by atoms with Gasteiger partial charge in [-0.3, -0.25) is 4.79 Å². The quantitative estimate of drug-likeness (QED) is 0.574. The monoisotopic (exact) mass is 407 g/mol. The molecule has 1 aliphatic rings. The summed E-state index contributed by atoms with van der Waals surface area (Å²) in [5.74, 6) is 1.16. The number of fused-ring (bicyclic) bond motifs is 1. The molecule has 6 heteroatoms. The van der Waals surface area contributed by atoms with Crippen LogP contribution in [0.2, 0.25) is 0 Å². The number of ether oxygens (including phenoxy) is 3. The lowest BCUT2D eigenvalue weighted by Crippen LogP contribution is -2.33. The van der Waals surface area contributed by atoms with Gasteiger partial charge in [-0.15, -0.1) is 0 Å². The smallest absolute Gasteiger partial charge is 0.255 e. The molecule has 1 unspecified atom stereocenters. The zero-order valence-electron chi connectivity index (χ0n) is 16.8. The highest BCUT2D eigenvalue weighted by atomic mass is 19.1. The molecule has 0 aliphatic carbocycles. The molecule has 3 aromatic rings. The van der Waals surface area contributed by atoms with Gasteiger partial charge in [-0.2, -0.15) is 0 Å². The first-order valence-corrected chi connectivity index (χ1v) is 9.60. The zero-order valence-corrected chi connectivity index (χ0v) is 16.8. The molecule has 4 rings (SSSR count). The van der Waals surface area contributed by atoms with Crippen LogP contribution >= 0.6 is 0 Å². The van der Waals surface area contributed by atoms with Gasteiger partial charge in [0.25, 0.3) is 5.91 Å². The van der Waals surface area contributed by atoms with E-state index in [1.54, 1.807) is 54.5 Å². The molecule has 0 fully saturated rings. The molecule has 1 amide bonds. The van der Waals surface area contributed by atoms with E-state index in [-0.39, 0.29) is 12.5 Å². The fourth-order valence-corrected chi connectivity index (χ4v) is 3.63. The predicted molar refractivity (Wildman–Crippen MR) is 110 cm³/mol. The molecular weight excluding hydrogens is 385 g/mol. The van der Waals surface area contributed by atoms with Gasteiger partial charge < -0.3 is 19.1 Å². The van der Waals surface area contributed by atoms with Crippen molar-refractivity contribution in [2.45, 2.75) is 12.6 Å². The largest absolute Gasteiger partial charge is 0.497 e. The minimum atomic E-state index is -0.599. The van der Waals surface area contributed by atoms with E-state index in [1.165, 1.54) is 13.2 Å². The SMILES string of the molecule is COc1ccc(OCC(c2ccc(OC)cc2F)N2Cc3ccccc3C2=O)cc1. The van der Waals surface area contributed by atoms with E-state index in [2.05, 4.69) is 0 Å². The van der Waals surface area contributed by atoms with Crippen LogP contribution in [-0.4, -0.2) is 31.6 Å². The Bertz CT molecular complexity index is 1050. The molecule has 3 aromatic carbocycles. The summed E-state index contributed by atoms with van der Waals surface area (Å²) in [6, 6.07) is 18.6. The molecule has 1 atom stereocenters. The summed E-state index contributed by atoms with van der Waals surface area (Å²) in [6.07, 6.45) is 0. The highest BCUT2D eigenvalue weighted by Gasteiger charge is 2.35. The minimum Gasteiger partial charge on any atom is -0.497 e. The number of halogens is 1. The lowest BCUT2D eigenvalue weighted by molar-refractivity contribution is 0.0630. The Morgan fingerprint density at radius 2 is 1.60 bits per heavy atom. The Morgan fingerprint density at radius 3 is 2.27 bits per heavy atom. The van der Waals surface area contributed by atoms with Crippen LogP contribution in [0, 0.1) is 5.82 Å². The van der Waals surface area contributed by atoms with Crippen molar-refractivity contribution < 1.29 is 23.4 Å². The van der Waals surface area contributed by atoms with E-state index >= 15 is 0 Å². The number of carbonyl (C=O) groups excluding carboxylic acids is 1. The number of methoxy groups -OCH3 is 2. The van der Waals surface area contributed by atoms with Crippen LogP contribution in [0.15, 0.2) is 66.7 Å². The number of rotatable bonds is 7. The molecule has 0 radical (unpaired) electrons. The van der Waals surface area contributed by atoms with Crippen molar-refractivity contribution in [1.29, 1.82) is 0 Å². The van der Waals surface area contributed by atoms with E-state index in [9.17, 15) is 9.18 Å². The molecule has 0 saturated heterocycles. The third kappa shape index (κ3) is 3.81. The van der Waals surface area contributed by atoms with Gasteiger partial charge in [0.15, 0.2) is 0 Å². The molecular formula is C24H22FNO4. The van der Waals surface area contributed by atoms with Gasteiger partial charge in [-0.05, 0) is 42.0 Å². The van der Waals surface area contributed by atoms with Crippen LogP contribution in [0.3, 0.4) is 0 Å². The van der Waals surface area contributed by atoms with Crippen LogP contribution in [0.25, 0.3) is 0 Å². The molecule has 30 heavy (non-hydrogen) atoms. The summed E-state index contributed by atoms with van der Waals surface area (Å²) >= 11 is 0. The predicted octanol–water partition coefficient (Wildman–Crippen LogP) is 4.62. The van der Waals surface area contributed by atoms with Crippen molar-refractivity contribution >= 4 is 5.91 Å². The van der Waals surface area contributed by atoms with Crippen LogP contribution in [0.4, 0.5) is 4.39 Å². The Morgan fingerprint density at radius 1 is 0.933 bits per heavy atom. The summed E-state index contributed by atoms with van der Waals surface area (Å²) in [7, 11) is 3.08. The van der Waals surface area contributed by atoms with Gasteiger partial charge in [0.1, 0.15) is 29.7 Å². The number of benzene rings is 3. The van der Waals surface area contributed by atoms with Crippen molar-refractivity contribution in [2.75, 3.05) is 20.8 Å². The Kier molecular flexibility index (Phi) is 5.57. The summed E-state index contributed by atoms with van der Waals surface area (Å²) < 4.78 is 31.2. The maximum atomic E-state index is 14.9. The number of hydrogen-bond donors (Lipinski definition) is 0. The average molecular weight is 407 g/mol. The van der Waals surface area contributed by atoms with Crippen molar-refractivity contribution in [3.8, 4) is 17.2 Å². The normalized spacial score (nSPS) is 13.7. The molecule has 1 aliphatic heterocycles. The van der Waals surface area contributed by atoms with Gasteiger partial charge >= 0.3 is 0 Å². The topological polar surface area (TPSA) is 48.0 Å². The first kappa shape index (κ1) is 19.8. The highest BCUT2D eigenvalue weighted by molar-refractivity contribution is 5.98. The fourth-order valence-electron chi connectivity index (χ4n) is 3.63. The zero-order chi connectivity index (χ0) is 21.1. The Balaban J connectivity index is 1.64. The average Bonchev–Trinajstić information content (AvgIpc) is 3.11. The van der Waals surface area contributed by atoms with E-state index in [0.717, 1.165) is 5.56 Å². The molecule has 0 N–H and O–H groups in total. The second-order valence-electron chi connectivity index (χ2n) is 6.98. The molecule has 0 spiro atoms. The van der Waals surface area contributed by atoms with Crippen molar-refractivity contribution in [2.24, 2.45) is 0 Å². The van der Waals surface area contributed by atoms with E-state index in [1.807, 2.05) is 18.2 Å². The molecule has 154 valence electrons. The third-order valence-electron chi connectivity index (χ3n) is 5.26. The van der Waals surface area contributed by atoms with Crippen molar-refractivity contribution in [3.05, 3.63) is 89.2 Å². The van der Waals surface area contributed by atoms with Crippen LogP contribution in [0.1, 0.15) is 27.5 Å². The maximum absolute atomic E-state index is 14.9. The third-order valence-corrected chi connectivity index (χ3v) is 5.26. The van der Waals surface area contributed by atoms with Gasteiger partial charge in [-0.1, -0.05) is 24.3 Å². The second-order valence-corrected chi connectivity index (χ2v) is 6.98. The maximum Gasteiger partial charge on any atom is 0.255 e. The number of amides is 1. The van der Waals surface area contributed by atoms with Gasteiger partial charge in [0, 0.05) is 23.7 Å². The van der Waals surface area contributed by atoms with Crippen LogP contribution in [0.5, 0.6) is 17.2 Å². The first-order chi connectivity index (χ1) is 14.6. The van der Waals surface area contributed by atoms with Crippen molar-refractivity contribution in [3.63, 3.8) is 0 Å². The number of hydrogen-bond acceptors (Lipinski definition) is 4. The first-order valence-electron chi connectivity index (χ1n) is 9.60. The fraction of sp³-hybridized carbons (Fsp3) is 0.208. The minimum absolute atomic E-state index is 0.106. The molecule has 0 bridgehead atoms.